The molecule has 1 aromatic carbocycles. The zero-order chi connectivity index (χ0) is 19.1. The Hall–Kier alpha value is -2.65. The molecule has 1 saturated heterocycles. The first-order valence-electron chi connectivity index (χ1n) is 9.26. The second-order valence-corrected chi connectivity index (χ2v) is 7.87. The lowest BCUT2D eigenvalue weighted by atomic mass is 10.2. The van der Waals surface area contributed by atoms with Crippen LogP contribution in [-0.4, -0.2) is 46.7 Å². The molecule has 1 unspecified atom stereocenters. The van der Waals surface area contributed by atoms with Crippen LogP contribution in [0.1, 0.15) is 28.2 Å². The summed E-state index contributed by atoms with van der Waals surface area (Å²) < 4.78 is 19.1. The van der Waals surface area contributed by atoms with E-state index in [9.17, 15) is 9.18 Å². The van der Waals surface area contributed by atoms with E-state index >= 15 is 0 Å². The highest BCUT2D eigenvalue weighted by Gasteiger charge is 2.26. The predicted octanol–water partition coefficient (Wildman–Crippen LogP) is 2.83. The average Bonchev–Trinajstić information content (AvgIpc) is 3.44. The van der Waals surface area contributed by atoms with Gasteiger partial charge in [-0.2, -0.15) is 0 Å². The van der Waals surface area contributed by atoms with Crippen molar-refractivity contribution < 1.29 is 13.9 Å². The minimum atomic E-state index is -0.243. The molecule has 1 N–H and O–H groups in total. The van der Waals surface area contributed by atoms with Crippen LogP contribution in [0.5, 0.6) is 0 Å². The fraction of sp³-hybridized carbons (Fsp3) is 0.368. The number of rotatable bonds is 4. The molecule has 3 aromatic rings. The van der Waals surface area contributed by atoms with Crippen LogP contribution in [-0.2, 0) is 11.2 Å². The minimum Gasteiger partial charge on any atom is -0.376 e. The molecule has 2 aliphatic rings. The summed E-state index contributed by atoms with van der Waals surface area (Å²) in [4.78, 5) is 28.4. The van der Waals surface area contributed by atoms with Gasteiger partial charge in [0.05, 0.1) is 6.10 Å². The van der Waals surface area contributed by atoms with E-state index in [4.69, 9.17) is 4.74 Å². The van der Waals surface area contributed by atoms with Crippen molar-refractivity contribution in [2.75, 3.05) is 24.6 Å². The Morgan fingerprint density at radius 2 is 2.32 bits per heavy atom. The highest BCUT2D eigenvalue weighted by atomic mass is 32.1. The molecule has 1 atom stereocenters. The molecule has 0 aliphatic carbocycles. The number of amides is 1. The number of ether oxygens (including phenoxy) is 1. The molecular formula is C19H18FN5O2S. The zero-order valence-corrected chi connectivity index (χ0v) is 15.8. The number of aromatic nitrogens is 3. The second-order valence-electron chi connectivity index (χ2n) is 6.89. The molecule has 144 valence electrons. The van der Waals surface area contributed by atoms with Crippen LogP contribution in [0.15, 0.2) is 24.5 Å². The predicted molar refractivity (Wildman–Crippen MR) is 104 cm³/mol. The number of carbonyl (C=O) groups is 1. The van der Waals surface area contributed by atoms with Crippen molar-refractivity contribution in [1.29, 1.82) is 0 Å². The van der Waals surface area contributed by atoms with Gasteiger partial charge in [-0.25, -0.2) is 19.3 Å². The van der Waals surface area contributed by atoms with Gasteiger partial charge in [0.2, 0.25) is 0 Å². The first-order chi connectivity index (χ1) is 13.7. The molecule has 0 radical (unpaired) electrons. The van der Waals surface area contributed by atoms with Gasteiger partial charge >= 0.3 is 0 Å². The van der Waals surface area contributed by atoms with Crippen molar-refractivity contribution in [3.05, 3.63) is 40.9 Å². The van der Waals surface area contributed by atoms with E-state index in [1.807, 2.05) is 4.90 Å². The van der Waals surface area contributed by atoms with Gasteiger partial charge in [0.15, 0.2) is 10.8 Å². The molecule has 1 amide bonds. The highest BCUT2D eigenvalue weighted by molar-refractivity contribution is 7.19. The van der Waals surface area contributed by atoms with E-state index in [1.54, 1.807) is 12.1 Å². The molecule has 5 rings (SSSR count). The van der Waals surface area contributed by atoms with Gasteiger partial charge in [-0.05, 0) is 43.0 Å². The summed E-state index contributed by atoms with van der Waals surface area (Å²) in [5.74, 6) is 0.172. The maximum atomic E-state index is 13.5. The number of nitrogens with zero attached hydrogens (tertiary/aromatic N) is 4. The van der Waals surface area contributed by atoms with Crippen LogP contribution in [0.2, 0.25) is 0 Å². The molecule has 28 heavy (non-hydrogen) atoms. The van der Waals surface area contributed by atoms with Crippen molar-refractivity contribution in [2.45, 2.75) is 25.4 Å². The van der Waals surface area contributed by atoms with E-state index in [1.165, 1.54) is 23.7 Å². The number of nitrogens with one attached hydrogen (secondary N) is 1. The molecule has 0 spiro atoms. The van der Waals surface area contributed by atoms with Gasteiger partial charge in [-0.3, -0.25) is 4.79 Å². The van der Waals surface area contributed by atoms with Crippen LogP contribution in [0, 0.1) is 5.82 Å². The monoisotopic (exact) mass is 399 g/mol. The normalized spacial score (nSPS) is 18.6. The second kappa shape index (κ2) is 7.06. The van der Waals surface area contributed by atoms with E-state index in [-0.39, 0.29) is 17.8 Å². The van der Waals surface area contributed by atoms with Crippen molar-refractivity contribution in [3.8, 4) is 0 Å². The van der Waals surface area contributed by atoms with E-state index in [0.29, 0.717) is 34.3 Å². The Morgan fingerprint density at radius 3 is 3.18 bits per heavy atom. The third kappa shape index (κ3) is 3.10. The summed E-state index contributed by atoms with van der Waals surface area (Å²) in [7, 11) is 0. The fourth-order valence-electron chi connectivity index (χ4n) is 3.71. The Bertz CT molecular complexity index is 1050. The smallest absolute Gasteiger partial charge is 0.280 e. The van der Waals surface area contributed by atoms with Crippen molar-refractivity contribution in [1.82, 2.24) is 20.3 Å². The molecule has 7 nitrogen and oxygen atoms in total. The Kier molecular flexibility index (Phi) is 4.40. The van der Waals surface area contributed by atoms with Gasteiger partial charge in [0, 0.05) is 25.4 Å². The van der Waals surface area contributed by atoms with Crippen LogP contribution < -0.4 is 10.2 Å². The van der Waals surface area contributed by atoms with E-state index in [0.717, 1.165) is 37.1 Å². The quantitative estimate of drug-likeness (QED) is 0.727. The molecule has 2 aromatic heterocycles. The number of fused-ring (bicyclic) bond motifs is 2. The summed E-state index contributed by atoms with van der Waals surface area (Å²) in [5.41, 5.74) is 2.45. The topological polar surface area (TPSA) is 80.2 Å². The fourth-order valence-corrected chi connectivity index (χ4v) is 4.53. The number of halogens is 1. The van der Waals surface area contributed by atoms with Gasteiger partial charge < -0.3 is 15.0 Å². The standard InChI is InChI=1S/C19H18FN5O2S/c20-12-3-4-14-11(8-12)5-6-25(14)16-15-18(23-10-22-16)28-19(24-15)17(26)21-9-13-2-1-7-27-13/h3-4,8,10,13H,1-2,5-7,9H2,(H,21,26). The third-order valence-corrected chi connectivity index (χ3v) is 6.04. The van der Waals surface area contributed by atoms with Gasteiger partial charge in [0.25, 0.3) is 5.91 Å². The Balaban J connectivity index is 1.43. The summed E-state index contributed by atoms with van der Waals surface area (Å²) in [5, 5.41) is 3.25. The maximum absolute atomic E-state index is 13.5. The molecule has 2 aliphatic heterocycles. The van der Waals surface area contributed by atoms with E-state index < -0.39 is 0 Å². The average molecular weight is 399 g/mol. The lowest BCUT2D eigenvalue weighted by Gasteiger charge is -2.18. The van der Waals surface area contributed by atoms with E-state index in [2.05, 4.69) is 20.3 Å². The van der Waals surface area contributed by atoms with Crippen LogP contribution in [0.4, 0.5) is 15.9 Å². The number of benzene rings is 1. The SMILES string of the molecule is O=C(NCC1CCCO1)c1nc2c(N3CCc4cc(F)ccc43)ncnc2s1. The zero-order valence-electron chi connectivity index (χ0n) is 15.0. The molecule has 1 fully saturated rings. The number of anilines is 2. The molecule has 4 heterocycles. The number of hydrogen-bond donors (Lipinski definition) is 1. The lowest BCUT2D eigenvalue weighted by molar-refractivity contribution is 0.0857. The third-order valence-electron chi connectivity index (χ3n) is 5.08. The van der Waals surface area contributed by atoms with Crippen LogP contribution in [0.25, 0.3) is 10.3 Å². The number of thiazole rings is 1. The van der Waals surface area contributed by atoms with Gasteiger partial charge in [0.1, 0.15) is 22.5 Å². The lowest BCUT2D eigenvalue weighted by Crippen LogP contribution is -2.31. The van der Waals surface area contributed by atoms with Crippen LogP contribution >= 0.6 is 11.3 Å². The maximum Gasteiger partial charge on any atom is 0.280 e. The summed E-state index contributed by atoms with van der Waals surface area (Å²) in [6.07, 6.45) is 4.28. The molecule has 0 saturated carbocycles. The first kappa shape index (κ1) is 17.4. The minimum absolute atomic E-state index is 0.0789. The molecule has 0 bridgehead atoms. The van der Waals surface area contributed by atoms with Crippen molar-refractivity contribution in [3.63, 3.8) is 0 Å². The largest absolute Gasteiger partial charge is 0.376 e. The van der Waals surface area contributed by atoms with Gasteiger partial charge in [-0.1, -0.05) is 11.3 Å². The number of carbonyl (C=O) groups excluding carboxylic acids is 1. The summed E-state index contributed by atoms with van der Waals surface area (Å²) in [6, 6.07) is 4.76. The highest BCUT2D eigenvalue weighted by Crippen LogP contribution is 2.37. The molecule has 9 heteroatoms. The molecular weight excluding hydrogens is 381 g/mol. The Morgan fingerprint density at radius 1 is 1.39 bits per heavy atom. The number of hydrogen-bond acceptors (Lipinski definition) is 7. The van der Waals surface area contributed by atoms with Crippen molar-refractivity contribution >= 4 is 39.1 Å². The summed E-state index contributed by atoms with van der Waals surface area (Å²) in [6.45, 7) is 1.92. The Labute approximate surface area is 164 Å². The first-order valence-corrected chi connectivity index (χ1v) is 10.1. The summed E-state index contributed by atoms with van der Waals surface area (Å²) >= 11 is 1.24. The van der Waals surface area contributed by atoms with Crippen LogP contribution in [0.3, 0.4) is 0 Å². The van der Waals surface area contributed by atoms with Crippen molar-refractivity contribution in [2.24, 2.45) is 0 Å². The van der Waals surface area contributed by atoms with Gasteiger partial charge in [-0.15, -0.1) is 0 Å².